The van der Waals surface area contributed by atoms with Crippen molar-refractivity contribution in [3.05, 3.63) is 35.4 Å². The second-order valence-corrected chi connectivity index (χ2v) is 4.98. The predicted molar refractivity (Wildman–Crippen MR) is 63.5 cm³/mol. The van der Waals surface area contributed by atoms with Gasteiger partial charge in [-0.05, 0) is 31.7 Å². The molecule has 1 N–H and O–H groups in total. The van der Waals surface area contributed by atoms with Crippen molar-refractivity contribution in [1.29, 1.82) is 0 Å². The third-order valence-corrected chi connectivity index (χ3v) is 3.57. The molecule has 0 heterocycles. The molecule has 0 saturated heterocycles. The van der Waals surface area contributed by atoms with Gasteiger partial charge in [0, 0.05) is 11.5 Å². The Bertz CT molecular complexity index is 407. The van der Waals surface area contributed by atoms with E-state index < -0.39 is 5.60 Å². The van der Waals surface area contributed by atoms with Crippen LogP contribution in [-0.2, 0) is 6.42 Å². The zero-order valence-corrected chi connectivity index (χ0v) is 9.86. The lowest BCUT2D eigenvalue weighted by Gasteiger charge is -2.24. The van der Waals surface area contributed by atoms with Gasteiger partial charge in [0.05, 0.1) is 5.60 Å². The van der Waals surface area contributed by atoms with E-state index in [4.69, 9.17) is 0 Å². The van der Waals surface area contributed by atoms with Gasteiger partial charge in [0.2, 0.25) is 0 Å². The summed E-state index contributed by atoms with van der Waals surface area (Å²) < 4.78 is 0. The molecule has 1 aromatic carbocycles. The Morgan fingerprint density at radius 3 is 2.75 bits per heavy atom. The lowest BCUT2D eigenvalue weighted by atomic mass is 9.88. The molecular formula is C14H18O2. The van der Waals surface area contributed by atoms with Crippen LogP contribution >= 0.6 is 0 Å². The van der Waals surface area contributed by atoms with Crippen LogP contribution in [0.2, 0.25) is 0 Å². The van der Waals surface area contributed by atoms with Crippen molar-refractivity contribution in [2.24, 2.45) is 5.92 Å². The van der Waals surface area contributed by atoms with E-state index in [9.17, 15) is 9.90 Å². The van der Waals surface area contributed by atoms with Gasteiger partial charge in [-0.25, -0.2) is 0 Å². The summed E-state index contributed by atoms with van der Waals surface area (Å²) in [6.07, 6.45) is 2.04. The summed E-state index contributed by atoms with van der Waals surface area (Å²) in [5, 5.41) is 10.0. The van der Waals surface area contributed by atoms with Gasteiger partial charge >= 0.3 is 0 Å². The maximum atomic E-state index is 12.1. The molecule has 0 spiro atoms. The number of hydrogen-bond acceptors (Lipinski definition) is 2. The molecule has 0 fully saturated rings. The number of Topliss-reactive ketones (excluding diaryl/α,β-unsaturated/α-hetero) is 1. The Hall–Kier alpha value is -1.15. The fraction of sp³-hybridized carbons (Fsp3) is 0.500. The maximum absolute atomic E-state index is 12.1. The summed E-state index contributed by atoms with van der Waals surface area (Å²) in [5.74, 6) is 0.164. The van der Waals surface area contributed by atoms with Gasteiger partial charge in [-0.1, -0.05) is 31.2 Å². The first-order valence-corrected chi connectivity index (χ1v) is 5.88. The molecule has 2 unspecified atom stereocenters. The summed E-state index contributed by atoms with van der Waals surface area (Å²) in [4.78, 5) is 12.1. The molecule has 2 rings (SSSR count). The average molecular weight is 218 g/mol. The number of fused-ring (bicyclic) bond motifs is 1. The third-order valence-electron chi connectivity index (χ3n) is 3.57. The Kier molecular flexibility index (Phi) is 2.85. The minimum absolute atomic E-state index is 0.0349. The summed E-state index contributed by atoms with van der Waals surface area (Å²) in [6.45, 7) is 3.76. The maximum Gasteiger partial charge on any atom is 0.166 e. The highest BCUT2D eigenvalue weighted by atomic mass is 16.3. The van der Waals surface area contributed by atoms with Gasteiger partial charge < -0.3 is 5.11 Å². The monoisotopic (exact) mass is 218 g/mol. The van der Waals surface area contributed by atoms with Gasteiger partial charge in [0.1, 0.15) is 0 Å². The predicted octanol–water partition coefficient (Wildman–Crippen LogP) is 2.59. The number of carbonyl (C=O) groups excluding carboxylic acids is 1. The molecular weight excluding hydrogens is 200 g/mol. The summed E-state index contributed by atoms with van der Waals surface area (Å²) in [5.41, 5.74) is 1.26. The first-order valence-electron chi connectivity index (χ1n) is 5.88. The largest absolute Gasteiger partial charge is 0.390 e. The zero-order chi connectivity index (χ0) is 11.8. The molecule has 1 aromatic rings. The van der Waals surface area contributed by atoms with E-state index in [0.717, 1.165) is 17.5 Å². The van der Waals surface area contributed by atoms with Crippen molar-refractivity contribution < 1.29 is 9.90 Å². The number of rotatable bonds is 3. The molecule has 2 heteroatoms. The van der Waals surface area contributed by atoms with E-state index in [-0.39, 0.29) is 11.7 Å². The summed E-state index contributed by atoms with van der Waals surface area (Å²) in [7, 11) is 0. The number of benzene rings is 1. The summed E-state index contributed by atoms with van der Waals surface area (Å²) >= 11 is 0. The Labute approximate surface area is 96.3 Å². The molecule has 16 heavy (non-hydrogen) atoms. The fourth-order valence-corrected chi connectivity index (χ4v) is 2.36. The molecule has 0 radical (unpaired) electrons. The van der Waals surface area contributed by atoms with Crippen LogP contribution in [0.15, 0.2) is 24.3 Å². The van der Waals surface area contributed by atoms with Crippen molar-refractivity contribution in [3.63, 3.8) is 0 Å². The molecule has 1 aliphatic rings. The van der Waals surface area contributed by atoms with Crippen LogP contribution in [0.1, 0.15) is 42.6 Å². The number of aliphatic hydroxyl groups is 1. The first kappa shape index (κ1) is 11.3. The molecule has 0 bridgehead atoms. The van der Waals surface area contributed by atoms with Crippen LogP contribution in [0, 0.1) is 5.92 Å². The number of ketones is 1. The van der Waals surface area contributed by atoms with Crippen LogP contribution in [0.5, 0.6) is 0 Å². The minimum Gasteiger partial charge on any atom is -0.390 e. The third kappa shape index (κ3) is 2.03. The fourth-order valence-electron chi connectivity index (χ4n) is 2.36. The smallest absolute Gasteiger partial charge is 0.166 e. The first-order chi connectivity index (χ1) is 7.53. The van der Waals surface area contributed by atoms with Gasteiger partial charge in [-0.2, -0.15) is 0 Å². The molecule has 0 aliphatic heterocycles. The highest BCUT2D eigenvalue weighted by Gasteiger charge is 2.34. The Balaban J connectivity index is 2.16. The Morgan fingerprint density at radius 2 is 2.12 bits per heavy atom. The highest BCUT2D eigenvalue weighted by molar-refractivity contribution is 6.02. The second-order valence-electron chi connectivity index (χ2n) is 4.98. The highest BCUT2D eigenvalue weighted by Crippen LogP contribution is 2.32. The van der Waals surface area contributed by atoms with Gasteiger partial charge in [0.25, 0.3) is 0 Å². The minimum atomic E-state index is -0.720. The van der Waals surface area contributed by atoms with Gasteiger partial charge in [-0.15, -0.1) is 0 Å². The lowest BCUT2D eigenvalue weighted by molar-refractivity contribution is 0.0300. The number of hydrogen-bond donors (Lipinski definition) is 1. The quantitative estimate of drug-likeness (QED) is 0.846. The van der Waals surface area contributed by atoms with Crippen LogP contribution in [0.4, 0.5) is 0 Å². The van der Waals surface area contributed by atoms with E-state index >= 15 is 0 Å². The molecule has 2 nitrogen and oxygen atoms in total. The van der Waals surface area contributed by atoms with Crippen LogP contribution in [0.25, 0.3) is 0 Å². The van der Waals surface area contributed by atoms with Gasteiger partial charge in [-0.3, -0.25) is 4.79 Å². The van der Waals surface area contributed by atoms with E-state index in [1.54, 1.807) is 0 Å². The van der Waals surface area contributed by atoms with E-state index in [1.165, 1.54) is 0 Å². The number of carbonyl (C=O) groups is 1. The summed E-state index contributed by atoms with van der Waals surface area (Å²) in [6, 6.07) is 7.76. The van der Waals surface area contributed by atoms with Crippen molar-refractivity contribution in [3.8, 4) is 0 Å². The molecule has 0 aromatic heterocycles. The van der Waals surface area contributed by atoms with Crippen molar-refractivity contribution >= 4 is 5.78 Å². The second kappa shape index (κ2) is 4.02. The van der Waals surface area contributed by atoms with E-state index in [1.807, 2.05) is 38.1 Å². The molecule has 0 saturated carbocycles. The van der Waals surface area contributed by atoms with Crippen molar-refractivity contribution in [2.45, 2.75) is 38.7 Å². The van der Waals surface area contributed by atoms with E-state index in [2.05, 4.69) is 0 Å². The SMILES string of the molecule is CCC(C)(O)CC1Cc2ccccc2C1=O. The molecule has 86 valence electrons. The lowest BCUT2D eigenvalue weighted by Crippen LogP contribution is -2.28. The van der Waals surface area contributed by atoms with Crippen molar-refractivity contribution in [2.75, 3.05) is 0 Å². The van der Waals surface area contributed by atoms with Crippen molar-refractivity contribution in [1.82, 2.24) is 0 Å². The normalized spacial score (nSPS) is 22.9. The standard InChI is InChI=1S/C14H18O2/c1-3-14(2,16)9-11-8-10-6-4-5-7-12(10)13(11)15/h4-7,11,16H,3,8-9H2,1-2H3. The van der Waals surface area contributed by atoms with Gasteiger partial charge in [0.15, 0.2) is 5.78 Å². The average Bonchev–Trinajstić information content (AvgIpc) is 2.56. The van der Waals surface area contributed by atoms with E-state index in [0.29, 0.717) is 12.8 Å². The van der Waals surface area contributed by atoms with Crippen LogP contribution in [-0.4, -0.2) is 16.5 Å². The molecule has 2 atom stereocenters. The van der Waals surface area contributed by atoms with Crippen LogP contribution < -0.4 is 0 Å². The van der Waals surface area contributed by atoms with Crippen LogP contribution in [0.3, 0.4) is 0 Å². The topological polar surface area (TPSA) is 37.3 Å². The molecule has 0 amide bonds. The Morgan fingerprint density at radius 1 is 1.44 bits per heavy atom. The zero-order valence-electron chi connectivity index (χ0n) is 9.86. The molecule has 1 aliphatic carbocycles.